The fourth-order valence-electron chi connectivity index (χ4n) is 1.60. The first-order chi connectivity index (χ1) is 6.79. The maximum atomic E-state index is 8.96. The third-order valence-corrected chi connectivity index (χ3v) is 2.51. The SMILES string of the molecule is Cc1cc(C(CCO)NC2CC2)n[nH]1. The van der Waals surface area contributed by atoms with Gasteiger partial charge in [0.2, 0.25) is 0 Å². The Morgan fingerprint density at radius 1 is 1.71 bits per heavy atom. The van der Waals surface area contributed by atoms with Crippen LogP contribution in [0, 0.1) is 6.92 Å². The first-order valence-electron chi connectivity index (χ1n) is 5.18. The molecule has 1 atom stereocenters. The van der Waals surface area contributed by atoms with E-state index in [1.807, 2.05) is 13.0 Å². The van der Waals surface area contributed by atoms with Gasteiger partial charge < -0.3 is 10.4 Å². The minimum Gasteiger partial charge on any atom is -0.396 e. The summed E-state index contributed by atoms with van der Waals surface area (Å²) in [6, 6.07) is 2.89. The number of hydrogen-bond donors (Lipinski definition) is 3. The zero-order chi connectivity index (χ0) is 9.97. The number of aromatic nitrogens is 2. The lowest BCUT2D eigenvalue weighted by atomic mass is 10.1. The van der Waals surface area contributed by atoms with Crippen LogP contribution in [0.25, 0.3) is 0 Å². The second kappa shape index (κ2) is 4.11. The van der Waals surface area contributed by atoms with Crippen molar-refractivity contribution in [2.75, 3.05) is 6.61 Å². The minimum absolute atomic E-state index is 0.205. The van der Waals surface area contributed by atoms with Crippen LogP contribution in [0.3, 0.4) is 0 Å². The van der Waals surface area contributed by atoms with Gasteiger partial charge in [-0.3, -0.25) is 5.10 Å². The first-order valence-corrected chi connectivity index (χ1v) is 5.18. The summed E-state index contributed by atoms with van der Waals surface area (Å²) < 4.78 is 0. The van der Waals surface area contributed by atoms with E-state index in [9.17, 15) is 0 Å². The molecule has 1 heterocycles. The zero-order valence-electron chi connectivity index (χ0n) is 8.45. The quantitative estimate of drug-likeness (QED) is 0.654. The Labute approximate surface area is 83.7 Å². The molecule has 4 nitrogen and oxygen atoms in total. The highest BCUT2D eigenvalue weighted by Crippen LogP contribution is 2.25. The van der Waals surface area contributed by atoms with Crippen LogP contribution in [-0.2, 0) is 0 Å². The molecule has 1 aromatic heterocycles. The summed E-state index contributed by atoms with van der Waals surface area (Å²) in [7, 11) is 0. The standard InChI is InChI=1S/C10H17N3O/c1-7-6-10(13-12-7)9(4-5-14)11-8-2-3-8/h6,8-9,11,14H,2-5H2,1H3,(H,12,13). The summed E-state index contributed by atoms with van der Waals surface area (Å²) in [6.45, 7) is 2.19. The predicted octanol–water partition coefficient (Wildman–Crippen LogP) is 0.894. The molecule has 0 spiro atoms. The van der Waals surface area contributed by atoms with Crippen molar-refractivity contribution in [3.05, 3.63) is 17.5 Å². The molecule has 1 saturated carbocycles. The largest absolute Gasteiger partial charge is 0.396 e. The maximum Gasteiger partial charge on any atom is 0.0795 e. The molecule has 1 unspecified atom stereocenters. The minimum atomic E-state index is 0.205. The molecule has 0 aromatic carbocycles. The molecule has 1 fully saturated rings. The second-order valence-corrected chi connectivity index (χ2v) is 3.98. The van der Waals surface area contributed by atoms with Gasteiger partial charge in [0.15, 0.2) is 0 Å². The summed E-state index contributed by atoms with van der Waals surface area (Å²) >= 11 is 0. The summed E-state index contributed by atoms with van der Waals surface area (Å²) in [4.78, 5) is 0. The van der Waals surface area contributed by atoms with E-state index in [-0.39, 0.29) is 12.6 Å². The highest BCUT2D eigenvalue weighted by Gasteiger charge is 2.26. The first kappa shape index (κ1) is 9.68. The lowest BCUT2D eigenvalue weighted by molar-refractivity contribution is 0.263. The van der Waals surface area contributed by atoms with Crippen LogP contribution in [0.4, 0.5) is 0 Å². The van der Waals surface area contributed by atoms with Crippen LogP contribution in [0.1, 0.15) is 36.7 Å². The normalized spacial score (nSPS) is 18.4. The fraction of sp³-hybridized carbons (Fsp3) is 0.700. The van der Waals surface area contributed by atoms with E-state index < -0.39 is 0 Å². The molecule has 78 valence electrons. The molecule has 0 amide bonds. The Morgan fingerprint density at radius 2 is 2.50 bits per heavy atom. The molecular formula is C10H17N3O. The predicted molar refractivity (Wildman–Crippen MR) is 53.9 cm³/mol. The van der Waals surface area contributed by atoms with Crippen molar-refractivity contribution in [2.24, 2.45) is 0 Å². The van der Waals surface area contributed by atoms with Crippen LogP contribution < -0.4 is 5.32 Å². The third kappa shape index (κ3) is 2.33. The van der Waals surface area contributed by atoms with Crippen molar-refractivity contribution in [2.45, 2.75) is 38.3 Å². The van der Waals surface area contributed by atoms with E-state index >= 15 is 0 Å². The molecule has 0 bridgehead atoms. The monoisotopic (exact) mass is 195 g/mol. The summed E-state index contributed by atoms with van der Waals surface area (Å²) in [5.41, 5.74) is 2.09. The summed E-state index contributed by atoms with van der Waals surface area (Å²) in [5, 5.41) is 19.6. The van der Waals surface area contributed by atoms with Crippen LogP contribution in [0.2, 0.25) is 0 Å². The Morgan fingerprint density at radius 3 is 3.00 bits per heavy atom. The highest BCUT2D eigenvalue weighted by atomic mass is 16.3. The molecule has 0 radical (unpaired) electrons. The number of H-pyrrole nitrogens is 1. The van der Waals surface area contributed by atoms with E-state index in [2.05, 4.69) is 15.5 Å². The van der Waals surface area contributed by atoms with Gasteiger partial charge in [0.25, 0.3) is 0 Å². The van der Waals surface area contributed by atoms with Gasteiger partial charge in [-0.05, 0) is 32.3 Å². The molecule has 1 aromatic rings. The van der Waals surface area contributed by atoms with Crippen LogP contribution in [0.5, 0.6) is 0 Å². The molecule has 1 aliphatic rings. The number of aliphatic hydroxyl groups excluding tert-OH is 1. The Balaban J connectivity index is 2.00. The molecule has 14 heavy (non-hydrogen) atoms. The van der Waals surface area contributed by atoms with Crippen molar-refractivity contribution < 1.29 is 5.11 Å². The van der Waals surface area contributed by atoms with Gasteiger partial charge in [-0.1, -0.05) is 0 Å². The van der Waals surface area contributed by atoms with Gasteiger partial charge in [0.1, 0.15) is 0 Å². The Bertz CT molecular complexity index is 293. The van der Waals surface area contributed by atoms with Crippen molar-refractivity contribution in [1.29, 1.82) is 0 Å². The van der Waals surface area contributed by atoms with E-state index in [4.69, 9.17) is 5.11 Å². The fourth-order valence-corrected chi connectivity index (χ4v) is 1.60. The number of aliphatic hydroxyl groups is 1. The van der Waals surface area contributed by atoms with Gasteiger partial charge >= 0.3 is 0 Å². The number of rotatable bonds is 5. The third-order valence-electron chi connectivity index (χ3n) is 2.51. The van der Waals surface area contributed by atoms with Crippen molar-refractivity contribution in [3.63, 3.8) is 0 Å². The molecular weight excluding hydrogens is 178 g/mol. The van der Waals surface area contributed by atoms with Gasteiger partial charge in [-0.15, -0.1) is 0 Å². The molecule has 4 heteroatoms. The molecule has 2 rings (SSSR count). The lowest BCUT2D eigenvalue weighted by Crippen LogP contribution is -2.24. The average Bonchev–Trinajstić information content (AvgIpc) is 2.87. The van der Waals surface area contributed by atoms with E-state index in [1.54, 1.807) is 0 Å². The topological polar surface area (TPSA) is 60.9 Å². The molecule has 3 N–H and O–H groups in total. The number of nitrogens with zero attached hydrogens (tertiary/aromatic N) is 1. The van der Waals surface area contributed by atoms with E-state index in [1.165, 1.54) is 12.8 Å². The van der Waals surface area contributed by atoms with Gasteiger partial charge in [0.05, 0.1) is 11.7 Å². The number of aromatic amines is 1. The number of nitrogens with one attached hydrogen (secondary N) is 2. The molecule has 0 saturated heterocycles. The lowest BCUT2D eigenvalue weighted by Gasteiger charge is -2.14. The smallest absolute Gasteiger partial charge is 0.0795 e. The number of aryl methyl sites for hydroxylation is 1. The maximum absolute atomic E-state index is 8.96. The van der Waals surface area contributed by atoms with Gasteiger partial charge in [0, 0.05) is 18.3 Å². The van der Waals surface area contributed by atoms with E-state index in [0.29, 0.717) is 6.04 Å². The second-order valence-electron chi connectivity index (χ2n) is 3.98. The van der Waals surface area contributed by atoms with Crippen molar-refractivity contribution in [1.82, 2.24) is 15.5 Å². The zero-order valence-corrected chi connectivity index (χ0v) is 8.45. The molecule has 0 aliphatic heterocycles. The molecule has 1 aliphatic carbocycles. The number of hydrogen-bond acceptors (Lipinski definition) is 3. The van der Waals surface area contributed by atoms with Gasteiger partial charge in [-0.2, -0.15) is 5.10 Å². The van der Waals surface area contributed by atoms with E-state index in [0.717, 1.165) is 17.8 Å². The highest BCUT2D eigenvalue weighted by molar-refractivity contribution is 5.12. The summed E-state index contributed by atoms with van der Waals surface area (Å²) in [5.74, 6) is 0. The van der Waals surface area contributed by atoms with Crippen molar-refractivity contribution >= 4 is 0 Å². The Kier molecular flexibility index (Phi) is 2.84. The van der Waals surface area contributed by atoms with Gasteiger partial charge in [-0.25, -0.2) is 0 Å². The van der Waals surface area contributed by atoms with Crippen molar-refractivity contribution in [3.8, 4) is 0 Å². The summed E-state index contributed by atoms with van der Waals surface area (Å²) in [6.07, 6.45) is 3.25. The Hall–Kier alpha value is -0.870. The van der Waals surface area contributed by atoms with Crippen LogP contribution >= 0.6 is 0 Å². The van der Waals surface area contributed by atoms with Crippen LogP contribution in [0.15, 0.2) is 6.07 Å². The average molecular weight is 195 g/mol. The van der Waals surface area contributed by atoms with Crippen LogP contribution in [-0.4, -0.2) is 28.0 Å².